The maximum Gasteiger partial charge on any atom is 0.181 e. The summed E-state index contributed by atoms with van der Waals surface area (Å²) in [6.07, 6.45) is 5.25. The van der Waals surface area contributed by atoms with Crippen molar-refractivity contribution in [2.24, 2.45) is 5.92 Å². The molecular formula is C19H19N3O. The van der Waals surface area contributed by atoms with Crippen molar-refractivity contribution in [1.29, 1.82) is 5.26 Å². The predicted molar refractivity (Wildman–Crippen MR) is 87.1 cm³/mol. The predicted octanol–water partition coefficient (Wildman–Crippen LogP) is 4.05. The molecule has 1 aromatic heterocycles. The largest absolute Gasteiger partial charge is 0.292 e. The molecule has 0 bridgehead atoms. The Hall–Kier alpha value is -2.41. The third-order valence-electron chi connectivity index (χ3n) is 4.76. The van der Waals surface area contributed by atoms with Crippen LogP contribution in [0.4, 0.5) is 0 Å². The lowest BCUT2D eigenvalue weighted by atomic mass is 10.0. The molecule has 2 aliphatic rings. The number of carbonyl (C=O) groups is 1. The molecule has 0 amide bonds. The molecule has 0 saturated heterocycles. The normalized spacial score (nSPS) is 17.0. The fourth-order valence-corrected chi connectivity index (χ4v) is 3.09. The van der Waals surface area contributed by atoms with Gasteiger partial charge in [0.15, 0.2) is 5.78 Å². The molecule has 2 saturated carbocycles. The minimum atomic E-state index is 0.240. The van der Waals surface area contributed by atoms with E-state index in [1.54, 1.807) is 12.1 Å². The maximum absolute atomic E-state index is 12.7. The van der Waals surface area contributed by atoms with Crippen LogP contribution in [0.3, 0.4) is 0 Å². The van der Waals surface area contributed by atoms with Gasteiger partial charge in [-0.15, -0.1) is 0 Å². The van der Waals surface area contributed by atoms with E-state index in [1.807, 2.05) is 23.7 Å². The van der Waals surface area contributed by atoms with Gasteiger partial charge < -0.3 is 0 Å². The first-order chi connectivity index (χ1) is 11.2. The van der Waals surface area contributed by atoms with E-state index in [0.717, 1.165) is 35.4 Å². The average molecular weight is 305 g/mol. The van der Waals surface area contributed by atoms with E-state index in [0.29, 0.717) is 23.9 Å². The number of hydrogen-bond donors (Lipinski definition) is 0. The average Bonchev–Trinajstić information content (AvgIpc) is 3.47. The van der Waals surface area contributed by atoms with Crippen LogP contribution in [0.2, 0.25) is 0 Å². The van der Waals surface area contributed by atoms with E-state index in [4.69, 9.17) is 10.4 Å². The Bertz CT molecular complexity index is 802. The third-order valence-corrected chi connectivity index (χ3v) is 4.76. The van der Waals surface area contributed by atoms with Gasteiger partial charge in [-0.1, -0.05) is 12.1 Å². The second-order valence-corrected chi connectivity index (χ2v) is 6.76. The lowest BCUT2D eigenvalue weighted by molar-refractivity contribution is 0.0964. The molecule has 2 aromatic rings. The highest BCUT2D eigenvalue weighted by Gasteiger charge is 2.34. The Labute approximate surface area is 135 Å². The number of carbonyl (C=O) groups excluding carboxylic acids is 1. The lowest BCUT2D eigenvalue weighted by Gasteiger charge is -2.05. The van der Waals surface area contributed by atoms with E-state index >= 15 is 0 Å². The van der Waals surface area contributed by atoms with Gasteiger partial charge in [0.1, 0.15) is 5.69 Å². The summed E-state index contributed by atoms with van der Waals surface area (Å²) in [6, 6.07) is 9.96. The molecule has 0 aliphatic heterocycles. The van der Waals surface area contributed by atoms with Crippen LogP contribution in [0, 0.1) is 24.2 Å². The Morgan fingerprint density at radius 1 is 1.26 bits per heavy atom. The smallest absolute Gasteiger partial charge is 0.181 e. The zero-order valence-corrected chi connectivity index (χ0v) is 13.2. The first kappa shape index (κ1) is 14.2. The van der Waals surface area contributed by atoms with E-state index in [1.165, 1.54) is 12.8 Å². The molecule has 0 N–H and O–H groups in total. The minimum Gasteiger partial charge on any atom is -0.292 e. The van der Waals surface area contributed by atoms with Gasteiger partial charge in [0.25, 0.3) is 0 Å². The summed E-state index contributed by atoms with van der Waals surface area (Å²) >= 11 is 0. The highest BCUT2D eigenvalue weighted by molar-refractivity contribution is 5.97. The molecule has 2 fully saturated rings. The zero-order chi connectivity index (χ0) is 16.0. The van der Waals surface area contributed by atoms with Crippen molar-refractivity contribution in [3.05, 3.63) is 41.1 Å². The molecule has 0 spiro atoms. The van der Waals surface area contributed by atoms with Crippen molar-refractivity contribution in [2.75, 3.05) is 0 Å². The van der Waals surface area contributed by atoms with E-state index in [2.05, 4.69) is 6.07 Å². The van der Waals surface area contributed by atoms with Crippen LogP contribution in [0.25, 0.3) is 11.3 Å². The van der Waals surface area contributed by atoms with Gasteiger partial charge in [-0.3, -0.25) is 9.48 Å². The fourth-order valence-electron chi connectivity index (χ4n) is 3.09. The number of nitrogens with zero attached hydrogens (tertiary/aromatic N) is 3. The van der Waals surface area contributed by atoms with Gasteiger partial charge in [-0.25, -0.2) is 0 Å². The van der Waals surface area contributed by atoms with Crippen molar-refractivity contribution in [3.63, 3.8) is 0 Å². The topological polar surface area (TPSA) is 58.7 Å². The fraction of sp³-hybridized carbons (Fsp3) is 0.421. The number of Topliss-reactive ketones (excluding diaryl/α,β-unsaturated/α-hetero) is 1. The Kier molecular flexibility index (Phi) is 3.30. The molecule has 4 heteroatoms. The van der Waals surface area contributed by atoms with Gasteiger partial charge in [-0.05, 0) is 50.7 Å². The number of benzene rings is 1. The number of hydrogen-bond acceptors (Lipinski definition) is 3. The quantitative estimate of drug-likeness (QED) is 0.783. The van der Waals surface area contributed by atoms with Crippen LogP contribution in [0.5, 0.6) is 0 Å². The molecule has 2 aliphatic carbocycles. The zero-order valence-electron chi connectivity index (χ0n) is 13.2. The number of ketones is 1. The molecule has 4 rings (SSSR count). The van der Waals surface area contributed by atoms with Gasteiger partial charge in [0.05, 0.1) is 23.4 Å². The lowest BCUT2D eigenvalue weighted by Crippen LogP contribution is -2.11. The molecule has 23 heavy (non-hydrogen) atoms. The van der Waals surface area contributed by atoms with Crippen molar-refractivity contribution in [3.8, 4) is 17.3 Å². The van der Waals surface area contributed by atoms with Crippen molar-refractivity contribution >= 4 is 5.78 Å². The van der Waals surface area contributed by atoms with Gasteiger partial charge >= 0.3 is 0 Å². The Morgan fingerprint density at radius 2 is 1.96 bits per heavy atom. The summed E-state index contributed by atoms with van der Waals surface area (Å²) in [6.45, 7) is 2.00. The van der Waals surface area contributed by atoms with Gasteiger partial charge in [0.2, 0.25) is 0 Å². The summed E-state index contributed by atoms with van der Waals surface area (Å²) in [5, 5.41) is 13.7. The molecular weight excluding hydrogens is 286 g/mol. The first-order valence-corrected chi connectivity index (χ1v) is 8.30. The van der Waals surface area contributed by atoms with Crippen LogP contribution in [-0.4, -0.2) is 15.6 Å². The molecule has 1 heterocycles. The van der Waals surface area contributed by atoms with Crippen molar-refractivity contribution in [2.45, 2.75) is 45.1 Å². The molecule has 1 aromatic carbocycles. The summed E-state index contributed by atoms with van der Waals surface area (Å²) in [5.74, 6) is 0.826. The van der Waals surface area contributed by atoms with Crippen LogP contribution in [0.1, 0.15) is 59.8 Å². The molecule has 0 radical (unpaired) electrons. The number of nitriles is 1. The molecule has 0 unspecified atom stereocenters. The summed E-state index contributed by atoms with van der Waals surface area (Å²) in [4.78, 5) is 12.7. The highest BCUT2D eigenvalue weighted by Crippen LogP contribution is 2.40. The first-order valence-electron chi connectivity index (χ1n) is 8.30. The molecule has 0 atom stereocenters. The summed E-state index contributed by atoms with van der Waals surface area (Å²) in [7, 11) is 0. The van der Waals surface area contributed by atoms with Gasteiger partial charge in [-0.2, -0.15) is 10.4 Å². The third kappa shape index (κ3) is 2.68. The Morgan fingerprint density at radius 3 is 2.52 bits per heavy atom. The number of rotatable bonds is 5. The standard InChI is InChI=1S/C19H19N3O/c1-12-18(15-6-4-14(11-20)5-7-15)21-22(16-8-9-16)19(12)17(23)10-13-2-3-13/h4-7,13,16H,2-3,8-10H2,1H3. The van der Waals surface area contributed by atoms with Crippen LogP contribution < -0.4 is 0 Å². The van der Waals surface area contributed by atoms with Crippen LogP contribution in [-0.2, 0) is 0 Å². The van der Waals surface area contributed by atoms with Crippen LogP contribution in [0.15, 0.2) is 24.3 Å². The highest BCUT2D eigenvalue weighted by atomic mass is 16.1. The second kappa shape index (κ2) is 5.34. The minimum absolute atomic E-state index is 0.240. The van der Waals surface area contributed by atoms with Gasteiger partial charge in [0, 0.05) is 17.5 Å². The Balaban J connectivity index is 1.74. The monoisotopic (exact) mass is 305 g/mol. The molecule has 116 valence electrons. The number of aromatic nitrogens is 2. The maximum atomic E-state index is 12.7. The second-order valence-electron chi connectivity index (χ2n) is 6.76. The molecule has 4 nitrogen and oxygen atoms in total. The summed E-state index contributed by atoms with van der Waals surface area (Å²) < 4.78 is 1.97. The van der Waals surface area contributed by atoms with E-state index < -0.39 is 0 Å². The van der Waals surface area contributed by atoms with Crippen LogP contribution >= 0.6 is 0 Å². The van der Waals surface area contributed by atoms with E-state index in [9.17, 15) is 4.79 Å². The van der Waals surface area contributed by atoms with Crippen molar-refractivity contribution < 1.29 is 4.79 Å². The van der Waals surface area contributed by atoms with E-state index in [-0.39, 0.29) is 5.78 Å². The summed E-state index contributed by atoms with van der Waals surface area (Å²) in [5.41, 5.74) is 4.27. The SMILES string of the molecule is Cc1c(-c2ccc(C#N)cc2)nn(C2CC2)c1C(=O)CC1CC1. The van der Waals surface area contributed by atoms with Crippen molar-refractivity contribution in [1.82, 2.24) is 9.78 Å².